The number of aromatic amines is 1. The van der Waals surface area contributed by atoms with Crippen molar-refractivity contribution in [1.82, 2.24) is 9.97 Å². The van der Waals surface area contributed by atoms with E-state index in [-0.39, 0.29) is 18.0 Å². The van der Waals surface area contributed by atoms with Crippen molar-refractivity contribution in [2.75, 3.05) is 6.61 Å². The first-order valence-corrected chi connectivity index (χ1v) is 6.06. The monoisotopic (exact) mass is 344 g/mol. The third-order valence-corrected chi connectivity index (χ3v) is 2.81. The number of rotatable bonds is 2. The molecule has 2 rings (SSSR count). The van der Waals surface area contributed by atoms with Crippen molar-refractivity contribution in [3.63, 3.8) is 0 Å². The van der Waals surface area contributed by atoms with Crippen LogP contribution >= 0.6 is 22.6 Å². The normalized spacial score (nSPS) is 10.5. The summed E-state index contributed by atoms with van der Waals surface area (Å²) >= 11 is 2.11. The third-order valence-electron chi connectivity index (χ3n) is 2.14. The summed E-state index contributed by atoms with van der Waals surface area (Å²) in [4.78, 5) is 29.7. The minimum Gasteiger partial charge on any atom is -0.460 e. The second-order valence-electron chi connectivity index (χ2n) is 3.30. The number of H-pyrrole nitrogens is 1. The second kappa shape index (κ2) is 4.82. The van der Waals surface area contributed by atoms with E-state index in [9.17, 15) is 9.59 Å². The summed E-state index contributed by atoms with van der Waals surface area (Å²) in [5.41, 5.74) is 0.147. The molecular formula is C11H9IN2O3. The fourth-order valence-electron chi connectivity index (χ4n) is 1.41. The Morgan fingerprint density at radius 3 is 3.00 bits per heavy atom. The molecule has 1 aromatic heterocycles. The van der Waals surface area contributed by atoms with Gasteiger partial charge in [-0.1, -0.05) is 0 Å². The minimum absolute atomic E-state index is 0.0643. The lowest BCUT2D eigenvalue weighted by Gasteiger charge is -2.02. The molecule has 0 radical (unpaired) electrons. The highest BCUT2D eigenvalue weighted by molar-refractivity contribution is 14.1. The predicted octanol–water partition coefficient (Wildman–Crippen LogP) is 1.70. The molecule has 1 N–H and O–H groups in total. The molecule has 0 aliphatic carbocycles. The Morgan fingerprint density at radius 1 is 1.53 bits per heavy atom. The molecule has 0 aliphatic heterocycles. The highest BCUT2D eigenvalue weighted by atomic mass is 127. The van der Waals surface area contributed by atoms with Crippen LogP contribution in [-0.2, 0) is 4.74 Å². The fourth-order valence-corrected chi connectivity index (χ4v) is 1.90. The summed E-state index contributed by atoms with van der Waals surface area (Å²) in [7, 11) is 0. The summed E-state index contributed by atoms with van der Waals surface area (Å²) in [6, 6.07) is 5.25. The summed E-state index contributed by atoms with van der Waals surface area (Å²) in [6.45, 7) is 1.94. The van der Waals surface area contributed by atoms with Gasteiger partial charge in [0.25, 0.3) is 5.56 Å². The van der Waals surface area contributed by atoms with Crippen LogP contribution in [0.25, 0.3) is 10.9 Å². The number of hydrogen-bond acceptors (Lipinski definition) is 4. The largest absolute Gasteiger partial charge is 0.460 e. The van der Waals surface area contributed by atoms with Crippen LogP contribution in [0.3, 0.4) is 0 Å². The Labute approximate surface area is 110 Å². The molecule has 17 heavy (non-hydrogen) atoms. The SMILES string of the molecule is CCOC(=O)c1nc2ccc(I)cc2c(=O)[nH]1. The van der Waals surface area contributed by atoms with Gasteiger partial charge in [-0.15, -0.1) is 0 Å². The van der Waals surface area contributed by atoms with Gasteiger partial charge in [-0.25, -0.2) is 9.78 Å². The standard InChI is InChI=1S/C11H9IN2O3/c1-2-17-11(16)9-13-8-4-3-6(12)5-7(8)10(15)14-9/h3-5H,2H2,1H3,(H,13,14,15). The highest BCUT2D eigenvalue weighted by Crippen LogP contribution is 2.12. The summed E-state index contributed by atoms with van der Waals surface area (Å²) in [6.07, 6.45) is 0. The van der Waals surface area contributed by atoms with Gasteiger partial charge < -0.3 is 9.72 Å². The minimum atomic E-state index is -0.620. The first-order chi connectivity index (χ1) is 8.11. The lowest BCUT2D eigenvalue weighted by Crippen LogP contribution is -2.17. The van der Waals surface area contributed by atoms with Crippen molar-refractivity contribution in [2.24, 2.45) is 0 Å². The molecule has 5 nitrogen and oxygen atoms in total. The zero-order chi connectivity index (χ0) is 12.4. The van der Waals surface area contributed by atoms with Crippen LogP contribution < -0.4 is 5.56 Å². The summed E-state index contributed by atoms with van der Waals surface area (Å²) in [5.74, 6) is -0.685. The van der Waals surface area contributed by atoms with Gasteiger partial charge in [0.1, 0.15) is 0 Å². The number of nitrogens with zero attached hydrogens (tertiary/aromatic N) is 1. The van der Waals surface area contributed by atoms with Crippen molar-refractivity contribution >= 4 is 39.5 Å². The van der Waals surface area contributed by atoms with Gasteiger partial charge >= 0.3 is 5.97 Å². The quantitative estimate of drug-likeness (QED) is 0.665. The highest BCUT2D eigenvalue weighted by Gasteiger charge is 2.12. The van der Waals surface area contributed by atoms with E-state index in [1.54, 1.807) is 19.1 Å². The molecule has 1 heterocycles. The number of carbonyl (C=O) groups excluding carboxylic acids is 1. The Bertz CT molecular complexity index is 636. The number of fused-ring (bicyclic) bond motifs is 1. The lowest BCUT2D eigenvalue weighted by molar-refractivity contribution is 0.0512. The maximum absolute atomic E-state index is 11.8. The number of halogens is 1. The van der Waals surface area contributed by atoms with Crippen molar-refractivity contribution < 1.29 is 9.53 Å². The van der Waals surface area contributed by atoms with E-state index in [4.69, 9.17) is 4.74 Å². The van der Waals surface area contributed by atoms with Crippen LogP contribution in [0.2, 0.25) is 0 Å². The van der Waals surface area contributed by atoms with Crippen LogP contribution in [0.4, 0.5) is 0 Å². The van der Waals surface area contributed by atoms with Gasteiger partial charge in [0.05, 0.1) is 17.5 Å². The molecule has 6 heteroatoms. The van der Waals surface area contributed by atoms with E-state index in [1.165, 1.54) is 0 Å². The molecule has 88 valence electrons. The number of carbonyl (C=O) groups is 1. The molecule has 0 saturated heterocycles. The number of benzene rings is 1. The summed E-state index contributed by atoms with van der Waals surface area (Å²) < 4.78 is 5.72. The number of ether oxygens (including phenoxy) is 1. The molecule has 0 spiro atoms. The number of esters is 1. The number of aromatic nitrogens is 2. The van der Waals surface area contributed by atoms with Crippen LogP contribution in [0.15, 0.2) is 23.0 Å². The Morgan fingerprint density at radius 2 is 2.29 bits per heavy atom. The second-order valence-corrected chi connectivity index (χ2v) is 4.54. The van der Waals surface area contributed by atoms with Crippen LogP contribution in [-0.4, -0.2) is 22.5 Å². The van der Waals surface area contributed by atoms with Crippen molar-refractivity contribution in [3.8, 4) is 0 Å². The van der Waals surface area contributed by atoms with Crippen LogP contribution in [0.5, 0.6) is 0 Å². The molecule has 0 amide bonds. The Kier molecular flexibility index (Phi) is 3.41. The van der Waals surface area contributed by atoms with E-state index < -0.39 is 5.97 Å². The topological polar surface area (TPSA) is 72.0 Å². The van der Waals surface area contributed by atoms with Gasteiger partial charge in [-0.3, -0.25) is 4.79 Å². The Hall–Kier alpha value is -1.44. The first kappa shape index (κ1) is 12.0. The molecule has 0 fully saturated rings. The molecule has 2 aromatic rings. The van der Waals surface area contributed by atoms with Crippen LogP contribution in [0.1, 0.15) is 17.5 Å². The van der Waals surface area contributed by atoms with Gasteiger partial charge in [0, 0.05) is 3.57 Å². The predicted molar refractivity (Wildman–Crippen MR) is 71.0 cm³/mol. The zero-order valence-electron chi connectivity index (χ0n) is 8.99. The first-order valence-electron chi connectivity index (χ1n) is 4.98. The molecule has 0 aliphatic rings. The summed E-state index contributed by atoms with van der Waals surface area (Å²) in [5, 5.41) is 0.463. The average molecular weight is 344 g/mol. The molecular weight excluding hydrogens is 335 g/mol. The van der Waals surface area contributed by atoms with Crippen molar-refractivity contribution in [3.05, 3.63) is 37.9 Å². The van der Waals surface area contributed by atoms with Gasteiger partial charge in [-0.2, -0.15) is 0 Å². The average Bonchev–Trinajstić information content (AvgIpc) is 2.30. The molecule has 0 unspecified atom stereocenters. The zero-order valence-corrected chi connectivity index (χ0v) is 11.1. The van der Waals surface area contributed by atoms with Crippen molar-refractivity contribution in [2.45, 2.75) is 6.92 Å². The van der Waals surface area contributed by atoms with E-state index in [2.05, 4.69) is 32.6 Å². The number of nitrogens with one attached hydrogen (secondary N) is 1. The molecule has 0 atom stereocenters. The molecule has 0 saturated carbocycles. The number of hydrogen-bond donors (Lipinski definition) is 1. The van der Waals surface area contributed by atoms with E-state index >= 15 is 0 Å². The molecule has 1 aromatic carbocycles. The van der Waals surface area contributed by atoms with E-state index in [0.717, 1.165) is 3.57 Å². The van der Waals surface area contributed by atoms with E-state index in [0.29, 0.717) is 10.9 Å². The fraction of sp³-hybridized carbons (Fsp3) is 0.182. The maximum atomic E-state index is 11.8. The van der Waals surface area contributed by atoms with Gasteiger partial charge in [-0.05, 0) is 47.7 Å². The molecule has 0 bridgehead atoms. The smallest absolute Gasteiger partial charge is 0.374 e. The third kappa shape index (κ3) is 2.46. The Balaban J connectivity index is 2.60. The van der Waals surface area contributed by atoms with Crippen LogP contribution in [0, 0.1) is 3.57 Å². The van der Waals surface area contributed by atoms with E-state index in [1.807, 2.05) is 6.07 Å². The van der Waals surface area contributed by atoms with Gasteiger partial charge in [0.2, 0.25) is 5.82 Å². The maximum Gasteiger partial charge on any atom is 0.374 e. The van der Waals surface area contributed by atoms with Gasteiger partial charge in [0.15, 0.2) is 0 Å². The lowest BCUT2D eigenvalue weighted by atomic mass is 10.2. The van der Waals surface area contributed by atoms with Crippen molar-refractivity contribution in [1.29, 1.82) is 0 Å².